The van der Waals surface area contributed by atoms with Crippen molar-refractivity contribution < 1.29 is 14.1 Å². The van der Waals surface area contributed by atoms with E-state index in [1.807, 2.05) is 59.5 Å². The van der Waals surface area contributed by atoms with Gasteiger partial charge in [0.25, 0.3) is 5.69 Å². The number of hydrogen-bond acceptors (Lipinski definition) is 6. The molecular weight excluding hydrogens is 452 g/mol. The lowest BCUT2D eigenvalue weighted by atomic mass is 10.0. The van der Waals surface area contributed by atoms with Gasteiger partial charge in [0.2, 0.25) is 0 Å². The molecule has 4 aromatic rings. The summed E-state index contributed by atoms with van der Waals surface area (Å²) in [5, 5.41) is 14.9. The highest BCUT2D eigenvalue weighted by atomic mass is 32.1. The summed E-state index contributed by atoms with van der Waals surface area (Å²) >= 11 is 5.74. The Morgan fingerprint density at radius 3 is 2.62 bits per heavy atom. The number of nitrogens with zero attached hydrogens (tertiary/aromatic N) is 3. The van der Waals surface area contributed by atoms with Crippen LogP contribution in [0.1, 0.15) is 23.5 Å². The molecule has 0 amide bonds. The smallest absolute Gasteiger partial charge is 0.269 e. The number of furan rings is 1. The van der Waals surface area contributed by atoms with Crippen molar-refractivity contribution in [2.45, 2.75) is 12.1 Å². The third-order valence-corrected chi connectivity index (χ3v) is 6.03. The van der Waals surface area contributed by atoms with Crippen LogP contribution in [0.2, 0.25) is 0 Å². The minimum atomic E-state index is -0.425. The summed E-state index contributed by atoms with van der Waals surface area (Å²) in [7, 11) is 1.62. The Bertz CT molecular complexity index is 1340. The highest BCUT2D eigenvalue weighted by molar-refractivity contribution is 7.80. The van der Waals surface area contributed by atoms with E-state index >= 15 is 0 Å². The standard InChI is InChI=1S/C25H20N4O4S/c1-32-19-6-4-5-18(15-19)28-24(23(27-25(28)34)20-7-2-3-14-26-20)22-13-12-21(33-22)16-8-10-17(11-9-16)29(30)31/h2-15,23-24H,1H3,(H,27,34). The average molecular weight is 473 g/mol. The van der Waals surface area contributed by atoms with Gasteiger partial charge in [-0.1, -0.05) is 12.1 Å². The maximum absolute atomic E-state index is 11.0. The van der Waals surface area contributed by atoms with Crippen molar-refractivity contribution in [2.24, 2.45) is 0 Å². The van der Waals surface area contributed by atoms with Gasteiger partial charge in [-0.15, -0.1) is 0 Å². The molecule has 1 aliphatic rings. The minimum Gasteiger partial charge on any atom is -0.497 e. The van der Waals surface area contributed by atoms with Gasteiger partial charge in [0.15, 0.2) is 5.11 Å². The van der Waals surface area contributed by atoms with Gasteiger partial charge in [0, 0.05) is 35.6 Å². The molecule has 1 fully saturated rings. The zero-order valence-electron chi connectivity index (χ0n) is 18.1. The van der Waals surface area contributed by atoms with Crippen molar-refractivity contribution in [1.82, 2.24) is 10.3 Å². The molecule has 2 unspecified atom stereocenters. The topological polar surface area (TPSA) is 93.7 Å². The molecule has 2 atom stereocenters. The highest BCUT2D eigenvalue weighted by Crippen LogP contribution is 2.43. The molecular formula is C25H20N4O4S. The van der Waals surface area contributed by atoms with Crippen LogP contribution < -0.4 is 15.0 Å². The number of nitrogens with one attached hydrogen (secondary N) is 1. The normalized spacial score (nSPS) is 17.4. The van der Waals surface area contributed by atoms with E-state index in [1.54, 1.807) is 25.4 Å². The fourth-order valence-corrected chi connectivity index (χ4v) is 4.44. The van der Waals surface area contributed by atoms with Gasteiger partial charge in [0.1, 0.15) is 23.3 Å². The Labute approximate surface area is 201 Å². The van der Waals surface area contributed by atoms with Crippen LogP contribution in [0, 0.1) is 10.1 Å². The highest BCUT2D eigenvalue weighted by Gasteiger charge is 2.42. The molecule has 5 rings (SSSR count). The largest absolute Gasteiger partial charge is 0.497 e. The molecule has 0 saturated carbocycles. The lowest BCUT2D eigenvalue weighted by Gasteiger charge is -2.26. The second-order valence-electron chi connectivity index (χ2n) is 7.70. The Morgan fingerprint density at radius 1 is 1.09 bits per heavy atom. The van der Waals surface area contributed by atoms with E-state index in [-0.39, 0.29) is 17.8 Å². The van der Waals surface area contributed by atoms with Crippen LogP contribution in [-0.4, -0.2) is 22.1 Å². The van der Waals surface area contributed by atoms with Gasteiger partial charge in [-0.25, -0.2) is 0 Å². The molecule has 0 radical (unpaired) electrons. The first-order valence-electron chi connectivity index (χ1n) is 10.5. The van der Waals surface area contributed by atoms with Crippen molar-refractivity contribution in [3.05, 3.63) is 107 Å². The van der Waals surface area contributed by atoms with Crippen LogP contribution in [0.25, 0.3) is 11.3 Å². The number of rotatable bonds is 6. The van der Waals surface area contributed by atoms with Gasteiger partial charge in [0.05, 0.1) is 23.8 Å². The van der Waals surface area contributed by atoms with Crippen LogP contribution in [0.15, 0.2) is 89.5 Å². The zero-order chi connectivity index (χ0) is 23.7. The number of hydrogen-bond donors (Lipinski definition) is 1. The third-order valence-electron chi connectivity index (χ3n) is 5.71. The minimum absolute atomic E-state index is 0.0280. The fourth-order valence-electron chi connectivity index (χ4n) is 4.10. The number of nitro groups is 1. The number of ether oxygens (including phenoxy) is 1. The molecule has 3 heterocycles. The summed E-state index contributed by atoms with van der Waals surface area (Å²) in [5.74, 6) is 2.00. The van der Waals surface area contributed by atoms with Gasteiger partial charge in [-0.3, -0.25) is 15.1 Å². The molecule has 0 spiro atoms. The van der Waals surface area contributed by atoms with Crippen molar-refractivity contribution >= 4 is 28.7 Å². The number of methoxy groups -OCH3 is 1. The number of pyridine rings is 1. The van der Waals surface area contributed by atoms with Crippen molar-refractivity contribution in [2.75, 3.05) is 12.0 Å². The average Bonchev–Trinajstić information content (AvgIpc) is 3.49. The number of aromatic nitrogens is 1. The molecule has 1 saturated heterocycles. The van der Waals surface area contributed by atoms with Crippen LogP contribution in [0.5, 0.6) is 5.75 Å². The molecule has 1 aliphatic heterocycles. The first-order chi connectivity index (χ1) is 16.5. The summed E-state index contributed by atoms with van der Waals surface area (Å²) in [6, 6.07) is 22.9. The molecule has 9 heteroatoms. The van der Waals surface area contributed by atoms with E-state index in [1.165, 1.54) is 12.1 Å². The Morgan fingerprint density at radius 2 is 1.91 bits per heavy atom. The lowest BCUT2D eigenvalue weighted by Crippen LogP contribution is -2.29. The predicted octanol–water partition coefficient (Wildman–Crippen LogP) is 5.44. The van der Waals surface area contributed by atoms with Crippen molar-refractivity contribution in [3.63, 3.8) is 0 Å². The number of anilines is 1. The molecule has 34 heavy (non-hydrogen) atoms. The van der Waals surface area contributed by atoms with E-state index in [0.29, 0.717) is 22.4 Å². The van der Waals surface area contributed by atoms with Crippen LogP contribution in [0.4, 0.5) is 11.4 Å². The SMILES string of the molecule is COc1cccc(N2C(=S)NC(c3ccccn3)C2c2ccc(-c3ccc([N+](=O)[O-])cc3)o2)c1. The summed E-state index contributed by atoms with van der Waals surface area (Å²) < 4.78 is 11.7. The van der Waals surface area contributed by atoms with Crippen LogP contribution in [0.3, 0.4) is 0 Å². The number of benzene rings is 2. The number of nitro benzene ring substituents is 1. The lowest BCUT2D eigenvalue weighted by molar-refractivity contribution is -0.384. The molecule has 0 aliphatic carbocycles. The second-order valence-corrected chi connectivity index (χ2v) is 8.09. The van der Waals surface area contributed by atoms with Gasteiger partial charge >= 0.3 is 0 Å². The molecule has 0 bridgehead atoms. The molecule has 2 aromatic heterocycles. The Balaban J connectivity index is 1.57. The van der Waals surface area contributed by atoms with E-state index in [0.717, 1.165) is 16.9 Å². The van der Waals surface area contributed by atoms with Gasteiger partial charge < -0.3 is 19.4 Å². The first-order valence-corrected chi connectivity index (χ1v) is 11.0. The van der Waals surface area contributed by atoms with E-state index in [2.05, 4.69) is 10.3 Å². The van der Waals surface area contributed by atoms with Gasteiger partial charge in [-0.05, 0) is 60.7 Å². The Kier molecular flexibility index (Phi) is 5.69. The van der Waals surface area contributed by atoms with E-state index in [9.17, 15) is 10.1 Å². The van der Waals surface area contributed by atoms with Crippen molar-refractivity contribution in [1.29, 1.82) is 0 Å². The summed E-state index contributed by atoms with van der Waals surface area (Å²) in [6.07, 6.45) is 1.75. The molecule has 2 aromatic carbocycles. The maximum atomic E-state index is 11.0. The van der Waals surface area contributed by atoms with Gasteiger partial charge in [-0.2, -0.15) is 0 Å². The monoisotopic (exact) mass is 472 g/mol. The Hall–Kier alpha value is -4.24. The third kappa shape index (κ3) is 3.97. The van der Waals surface area contributed by atoms with Crippen LogP contribution in [-0.2, 0) is 0 Å². The van der Waals surface area contributed by atoms with Crippen molar-refractivity contribution in [3.8, 4) is 17.1 Å². The maximum Gasteiger partial charge on any atom is 0.269 e. The molecule has 1 N–H and O–H groups in total. The number of thiocarbonyl (C=S) groups is 1. The molecule has 170 valence electrons. The first kappa shape index (κ1) is 21.6. The van der Waals surface area contributed by atoms with E-state index < -0.39 is 4.92 Å². The second kappa shape index (κ2) is 8.95. The van der Waals surface area contributed by atoms with E-state index in [4.69, 9.17) is 21.4 Å². The summed E-state index contributed by atoms with van der Waals surface area (Å²) in [6.45, 7) is 0. The van der Waals surface area contributed by atoms with Crippen LogP contribution >= 0.6 is 12.2 Å². The quantitative estimate of drug-likeness (QED) is 0.225. The summed E-state index contributed by atoms with van der Waals surface area (Å²) in [5.41, 5.74) is 2.45. The fraction of sp³-hybridized carbons (Fsp3) is 0.120. The summed E-state index contributed by atoms with van der Waals surface area (Å²) in [4.78, 5) is 17.1. The molecule has 8 nitrogen and oxygen atoms in total. The number of non-ortho nitro benzene ring substituents is 1. The predicted molar refractivity (Wildman–Crippen MR) is 132 cm³/mol. The zero-order valence-corrected chi connectivity index (χ0v) is 18.9.